The van der Waals surface area contributed by atoms with Gasteiger partial charge in [-0.2, -0.15) is 0 Å². The summed E-state index contributed by atoms with van der Waals surface area (Å²) in [6.07, 6.45) is -2.10. The van der Waals surface area contributed by atoms with Crippen molar-refractivity contribution in [1.82, 2.24) is 0 Å². The maximum Gasteiger partial charge on any atom is 0.126 e. The number of hydrogen-bond donors (Lipinski definition) is 0. The smallest absolute Gasteiger partial charge is 0.126 e. The van der Waals surface area contributed by atoms with E-state index < -0.39 is 19.0 Å². The summed E-state index contributed by atoms with van der Waals surface area (Å²) in [7, 11) is 1.29. The largest absolute Gasteiger partial charge is 0.376 e. The Labute approximate surface area is 47.6 Å². The summed E-state index contributed by atoms with van der Waals surface area (Å²) in [6, 6.07) is 0. The molecule has 0 N–H and O–H groups in total. The van der Waals surface area contributed by atoms with Gasteiger partial charge in [-0.3, -0.25) is 0 Å². The van der Waals surface area contributed by atoms with Crippen molar-refractivity contribution in [3.63, 3.8) is 0 Å². The first-order valence-electron chi connectivity index (χ1n) is 2.45. The van der Waals surface area contributed by atoms with Crippen LogP contribution < -0.4 is 0 Å². The minimum Gasteiger partial charge on any atom is -0.376 e. The van der Waals surface area contributed by atoms with E-state index in [1.54, 1.807) is 0 Å². The molecule has 0 saturated carbocycles. The molecule has 0 spiro atoms. The lowest BCUT2D eigenvalue weighted by molar-refractivity contribution is 0.0227. The lowest BCUT2D eigenvalue weighted by Crippen LogP contribution is -2.23. The fourth-order valence-electron chi connectivity index (χ4n) is 0.373. The van der Waals surface area contributed by atoms with Crippen LogP contribution in [0, 0.1) is 0 Å². The molecule has 0 amide bonds. The van der Waals surface area contributed by atoms with E-state index in [0.29, 0.717) is 0 Å². The maximum atomic E-state index is 12.0. The SMILES string of the molecule is COC(CF)C(C)F. The van der Waals surface area contributed by atoms with Crippen LogP contribution in [0.25, 0.3) is 0 Å². The van der Waals surface area contributed by atoms with E-state index in [-0.39, 0.29) is 0 Å². The van der Waals surface area contributed by atoms with E-state index in [1.165, 1.54) is 14.0 Å². The van der Waals surface area contributed by atoms with Gasteiger partial charge < -0.3 is 4.74 Å². The lowest BCUT2D eigenvalue weighted by atomic mass is 10.3. The Balaban J connectivity index is 3.35. The molecule has 8 heavy (non-hydrogen) atoms. The first-order chi connectivity index (χ1) is 3.72. The topological polar surface area (TPSA) is 9.23 Å². The zero-order valence-electron chi connectivity index (χ0n) is 5.03. The van der Waals surface area contributed by atoms with Crippen LogP contribution in [0.15, 0.2) is 0 Å². The van der Waals surface area contributed by atoms with Gasteiger partial charge >= 0.3 is 0 Å². The third-order valence-corrected chi connectivity index (χ3v) is 0.967. The van der Waals surface area contributed by atoms with Crippen LogP contribution in [0.1, 0.15) is 6.92 Å². The Morgan fingerprint density at radius 1 is 1.62 bits per heavy atom. The van der Waals surface area contributed by atoms with Crippen LogP contribution in [0.2, 0.25) is 0 Å². The minimum absolute atomic E-state index is 0.756. The molecular weight excluding hydrogens is 114 g/mol. The average molecular weight is 124 g/mol. The Morgan fingerprint density at radius 2 is 2.12 bits per heavy atom. The molecule has 0 fully saturated rings. The monoisotopic (exact) mass is 124 g/mol. The summed E-state index contributed by atoms with van der Waals surface area (Å²) in [5.74, 6) is 0. The van der Waals surface area contributed by atoms with Crippen molar-refractivity contribution in [1.29, 1.82) is 0 Å². The first-order valence-corrected chi connectivity index (χ1v) is 2.45. The number of rotatable bonds is 3. The normalized spacial score (nSPS) is 18.0. The highest BCUT2D eigenvalue weighted by Gasteiger charge is 2.13. The third-order valence-electron chi connectivity index (χ3n) is 0.967. The molecule has 0 bridgehead atoms. The molecule has 0 aromatic carbocycles. The summed E-state index contributed by atoms with van der Waals surface area (Å²) in [5, 5.41) is 0. The van der Waals surface area contributed by atoms with Gasteiger partial charge in [0.05, 0.1) is 0 Å². The van der Waals surface area contributed by atoms with E-state index in [4.69, 9.17) is 0 Å². The summed E-state index contributed by atoms with van der Waals surface area (Å²) >= 11 is 0. The second-order valence-electron chi connectivity index (χ2n) is 1.61. The molecule has 0 aliphatic carbocycles. The van der Waals surface area contributed by atoms with Crippen molar-refractivity contribution in [2.75, 3.05) is 13.8 Å². The van der Waals surface area contributed by atoms with Gasteiger partial charge in [-0.25, -0.2) is 8.78 Å². The van der Waals surface area contributed by atoms with Gasteiger partial charge in [-0.05, 0) is 6.92 Å². The molecule has 2 unspecified atom stereocenters. The molecular formula is C5H10F2O. The van der Waals surface area contributed by atoms with E-state index in [2.05, 4.69) is 4.74 Å². The Hall–Kier alpha value is -0.180. The molecule has 3 heteroatoms. The van der Waals surface area contributed by atoms with E-state index >= 15 is 0 Å². The Bertz CT molecular complexity index is 52.4. The summed E-state index contributed by atoms with van der Waals surface area (Å²) in [5.41, 5.74) is 0. The Morgan fingerprint density at radius 3 is 2.12 bits per heavy atom. The molecule has 0 saturated heterocycles. The minimum atomic E-state index is -1.22. The zero-order valence-corrected chi connectivity index (χ0v) is 5.03. The molecule has 2 atom stereocenters. The number of alkyl halides is 2. The number of halogens is 2. The number of methoxy groups -OCH3 is 1. The van der Waals surface area contributed by atoms with Crippen molar-refractivity contribution >= 4 is 0 Å². The van der Waals surface area contributed by atoms with Crippen LogP contribution in [-0.2, 0) is 4.74 Å². The lowest BCUT2D eigenvalue weighted by Gasteiger charge is -2.10. The summed E-state index contributed by atoms with van der Waals surface area (Å²) < 4.78 is 28.0. The predicted octanol–water partition coefficient (Wildman–Crippen LogP) is 1.33. The Kier molecular flexibility index (Phi) is 3.69. The molecule has 1 nitrogen and oxygen atoms in total. The van der Waals surface area contributed by atoms with Crippen molar-refractivity contribution in [2.45, 2.75) is 19.2 Å². The highest BCUT2D eigenvalue weighted by Crippen LogP contribution is 2.01. The fraction of sp³-hybridized carbons (Fsp3) is 1.00. The second-order valence-corrected chi connectivity index (χ2v) is 1.61. The predicted molar refractivity (Wildman–Crippen MR) is 27.3 cm³/mol. The highest BCUT2D eigenvalue weighted by molar-refractivity contribution is 4.61. The third kappa shape index (κ3) is 2.21. The van der Waals surface area contributed by atoms with Crippen LogP contribution in [0.5, 0.6) is 0 Å². The van der Waals surface area contributed by atoms with Gasteiger partial charge in [0.25, 0.3) is 0 Å². The van der Waals surface area contributed by atoms with Crippen molar-refractivity contribution in [3.8, 4) is 0 Å². The molecule has 0 aliphatic rings. The molecule has 0 aliphatic heterocycles. The average Bonchev–Trinajstić information content (AvgIpc) is 1.69. The molecule has 0 heterocycles. The molecule has 0 rings (SSSR count). The van der Waals surface area contributed by atoms with Crippen LogP contribution in [-0.4, -0.2) is 26.1 Å². The van der Waals surface area contributed by atoms with E-state index in [0.717, 1.165) is 0 Å². The first kappa shape index (κ1) is 7.82. The maximum absolute atomic E-state index is 12.0. The van der Waals surface area contributed by atoms with Gasteiger partial charge in [-0.15, -0.1) is 0 Å². The summed E-state index contributed by atoms with van der Waals surface area (Å²) in [4.78, 5) is 0. The van der Waals surface area contributed by atoms with Crippen molar-refractivity contribution in [3.05, 3.63) is 0 Å². The number of ether oxygens (including phenoxy) is 1. The van der Waals surface area contributed by atoms with Gasteiger partial charge in [0.1, 0.15) is 19.0 Å². The standard InChI is InChI=1S/C5H10F2O/c1-4(7)5(3-6)8-2/h4-5H,3H2,1-2H3. The van der Waals surface area contributed by atoms with Crippen LogP contribution in [0.3, 0.4) is 0 Å². The van der Waals surface area contributed by atoms with Crippen molar-refractivity contribution < 1.29 is 13.5 Å². The van der Waals surface area contributed by atoms with Gasteiger partial charge in [0.2, 0.25) is 0 Å². The second kappa shape index (κ2) is 3.78. The highest BCUT2D eigenvalue weighted by atomic mass is 19.1. The van der Waals surface area contributed by atoms with E-state index in [1.807, 2.05) is 0 Å². The van der Waals surface area contributed by atoms with Gasteiger partial charge in [-0.1, -0.05) is 0 Å². The van der Waals surface area contributed by atoms with Crippen molar-refractivity contribution in [2.24, 2.45) is 0 Å². The van der Waals surface area contributed by atoms with E-state index in [9.17, 15) is 8.78 Å². The molecule has 0 radical (unpaired) electrons. The van der Waals surface area contributed by atoms with Gasteiger partial charge in [0.15, 0.2) is 0 Å². The molecule has 0 aromatic heterocycles. The quantitative estimate of drug-likeness (QED) is 0.551. The zero-order chi connectivity index (χ0) is 6.57. The van der Waals surface area contributed by atoms with Crippen LogP contribution in [0.4, 0.5) is 8.78 Å². The molecule has 50 valence electrons. The number of hydrogen-bond acceptors (Lipinski definition) is 1. The molecule has 0 aromatic rings. The van der Waals surface area contributed by atoms with Gasteiger partial charge in [0, 0.05) is 7.11 Å². The summed E-state index contributed by atoms with van der Waals surface area (Å²) in [6.45, 7) is 0.516. The van der Waals surface area contributed by atoms with Crippen LogP contribution >= 0.6 is 0 Å². The fourth-order valence-corrected chi connectivity index (χ4v) is 0.373.